The standard InChI is InChI=1S/C23H38N2O3/c1-8-9-10-11-19(26)24-25-20(27)13-12-16-14-17(22(2,3)4)21(28)18(15-16)23(5,6)7/h14-15,28H,8-13H2,1-7H3,(H,24,26)(H,25,27). The Morgan fingerprint density at radius 2 is 1.32 bits per heavy atom. The van der Waals surface area contributed by atoms with E-state index in [0.717, 1.165) is 36.0 Å². The quantitative estimate of drug-likeness (QED) is 0.468. The topological polar surface area (TPSA) is 78.4 Å². The van der Waals surface area contributed by atoms with Crippen LogP contribution in [0.15, 0.2) is 12.1 Å². The molecular formula is C23H38N2O3. The minimum atomic E-state index is -0.216. The van der Waals surface area contributed by atoms with E-state index in [1.54, 1.807) is 0 Å². The van der Waals surface area contributed by atoms with Gasteiger partial charge in [0.05, 0.1) is 0 Å². The number of unbranched alkanes of at least 4 members (excludes halogenated alkanes) is 2. The lowest BCUT2D eigenvalue weighted by Gasteiger charge is -2.28. The van der Waals surface area contributed by atoms with Gasteiger partial charge >= 0.3 is 0 Å². The lowest BCUT2D eigenvalue weighted by Crippen LogP contribution is -2.41. The van der Waals surface area contributed by atoms with E-state index in [9.17, 15) is 14.7 Å². The van der Waals surface area contributed by atoms with E-state index in [1.807, 2.05) is 12.1 Å². The zero-order chi connectivity index (χ0) is 21.5. The Kier molecular flexibility index (Phi) is 8.52. The van der Waals surface area contributed by atoms with Crippen molar-refractivity contribution in [2.24, 2.45) is 0 Å². The number of carbonyl (C=O) groups excluding carboxylic acids is 2. The van der Waals surface area contributed by atoms with Crippen LogP contribution in [0.4, 0.5) is 0 Å². The van der Waals surface area contributed by atoms with Gasteiger partial charge in [0.25, 0.3) is 0 Å². The van der Waals surface area contributed by atoms with Gasteiger partial charge in [0, 0.05) is 12.8 Å². The minimum Gasteiger partial charge on any atom is -0.507 e. The molecule has 0 aliphatic carbocycles. The maximum absolute atomic E-state index is 12.1. The Morgan fingerprint density at radius 3 is 1.75 bits per heavy atom. The van der Waals surface area contributed by atoms with E-state index < -0.39 is 0 Å². The molecule has 0 unspecified atom stereocenters. The molecule has 2 amide bonds. The Bertz CT molecular complexity index is 647. The first-order valence-corrected chi connectivity index (χ1v) is 10.3. The van der Waals surface area contributed by atoms with Gasteiger partial charge in [-0.05, 0) is 40.4 Å². The van der Waals surface area contributed by atoms with Crippen molar-refractivity contribution >= 4 is 11.8 Å². The van der Waals surface area contributed by atoms with Gasteiger partial charge < -0.3 is 5.11 Å². The molecule has 0 radical (unpaired) electrons. The molecule has 0 saturated carbocycles. The van der Waals surface area contributed by atoms with Crippen LogP contribution in [0.1, 0.15) is 97.3 Å². The molecule has 1 aromatic carbocycles. The van der Waals surface area contributed by atoms with Crippen LogP contribution in [0.2, 0.25) is 0 Å². The van der Waals surface area contributed by atoms with Crippen LogP contribution >= 0.6 is 0 Å². The highest BCUT2D eigenvalue weighted by Gasteiger charge is 2.26. The van der Waals surface area contributed by atoms with Crippen molar-refractivity contribution in [2.45, 2.75) is 97.8 Å². The molecule has 0 spiro atoms. The summed E-state index contributed by atoms with van der Waals surface area (Å²) < 4.78 is 0. The molecular weight excluding hydrogens is 352 g/mol. The summed E-state index contributed by atoms with van der Waals surface area (Å²) in [6.07, 6.45) is 4.14. The van der Waals surface area contributed by atoms with Crippen LogP contribution in [0.5, 0.6) is 5.75 Å². The number of aryl methyl sites for hydroxylation is 1. The van der Waals surface area contributed by atoms with E-state index in [-0.39, 0.29) is 29.1 Å². The fourth-order valence-electron chi connectivity index (χ4n) is 3.04. The first kappa shape index (κ1) is 24.0. The first-order valence-electron chi connectivity index (χ1n) is 10.3. The molecule has 0 aliphatic heterocycles. The van der Waals surface area contributed by atoms with E-state index in [4.69, 9.17) is 0 Å². The molecule has 28 heavy (non-hydrogen) atoms. The Balaban J connectivity index is 2.78. The molecule has 0 saturated heterocycles. The first-order chi connectivity index (χ1) is 12.9. The summed E-state index contributed by atoms with van der Waals surface area (Å²) in [5.74, 6) is -0.0319. The largest absolute Gasteiger partial charge is 0.507 e. The maximum atomic E-state index is 12.1. The molecule has 0 bridgehead atoms. The normalized spacial score (nSPS) is 12.0. The van der Waals surface area contributed by atoms with Gasteiger partial charge in [-0.25, -0.2) is 0 Å². The number of carbonyl (C=O) groups is 2. The van der Waals surface area contributed by atoms with Crippen molar-refractivity contribution in [1.82, 2.24) is 10.9 Å². The fourth-order valence-corrected chi connectivity index (χ4v) is 3.04. The molecule has 0 aromatic heterocycles. The highest BCUT2D eigenvalue weighted by molar-refractivity contribution is 5.82. The number of phenols is 1. The molecule has 0 atom stereocenters. The molecule has 0 heterocycles. The smallest absolute Gasteiger partial charge is 0.238 e. The second-order valence-corrected chi connectivity index (χ2v) is 9.59. The second-order valence-electron chi connectivity index (χ2n) is 9.59. The van der Waals surface area contributed by atoms with Crippen LogP contribution < -0.4 is 10.9 Å². The zero-order valence-corrected chi connectivity index (χ0v) is 18.7. The summed E-state index contributed by atoms with van der Waals surface area (Å²) in [5.41, 5.74) is 7.36. The summed E-state index contributed by atoms with van der Waals surface area (Å²) >= 11 is 0. The number of hydrazine groups is 1. The van der Waals surface area contributed by atoms with Crippen LogP contribution in [-0.4, -0.2) is 16.9 Å². The number of amides is 2. The fraction of sp³-hybridized carbons (Fsp3) is 0.652. The molecule has 1 aromatic rings. The number of nitrogens with one attached hydrogen (secondary N) is 2. The molecule has 0 aliphatic rings. The van der Waals surface area contributed by atoms with E-state index >= 15 is 0 Å². The summed E-state index contributed by atoms with van der Waals surface area (Å²) in [5, 5.41) is 10.8. The average molecular weight is 391 g/mol. The van der Waals surface area contributed by atoms with Gasteiger partial charge in [-0.15, -0.1) is 0 Å². The molecule has 1 rings (SSSR count). The minimum absolute atomic E-state index is 0.156. The SMILES string of the molecule is CCCCCC(=O)NNC(=O)CCc1cc(C(C)(C)C)c(O)c(C(C)(C)C)c1. The molecule has 3 N–H and O–H groups in total. The highest BCUT2D eigenvalue weighted by atomic mass is 16.3. The van der Waals surface area contributed by atoms with Crippen molar-refractivity contribution in [2.75, 3.05) is 0 Å². The van der Waals surface area contributed by atoms with Gasteiger partial charge in [0.1, 0.15) is 5.75 Å². The van der Waals surface area contributed by atoms with Crippen LogP contribution in [-0.2, 0) is 26.8 Å². The van der Waals surface area contributed by atoms with E-state index in [0.29, 0.717) is 18.6 Å². The van der Waals surface area contributed by atoms with Gasteiger partial charge in [-0.3, -0.25) is 20.4 Å². The summed E-state index contributed by atoms with van der Waals surface area (Å²) in [6, 6.07) is 3.97. The van der Waals surface area contributed by atoms with Crippen molar-refractivity contribution in [3.05, 3.63) is 28.8 Å². The zero-order valence-electron chi connectivity index (χ0n) is 18.7. The third-order valence-corrected chi connectivity index (χ3v) is 4.78. The van der Waals surface area contributed by atoms with Crippen molar-refractivity contribution in [3.8, 4) is 5.75 Å². The van der Waals surface area contributed by atoms with Crippen LogP contribution in [0.25, 0.3) is 0 Å². The third kappa shape index (κ3) is 7.53. The van der Waals surface area contributed by atoms with E-state index in [2.05, 4.69) is 59.3 Å². The Labute approximate surface area is 170 Å². The summed E-state index contributed by atoms with van der Waals surface area (Å²) in [7, 11) is 0. The van der Waals surface area contributed by atoms with Gasteiger partial charge in [-0.2, -0.15) is 0 Å². The summed E-state index contributed by atoms with van der Waals surface area (Å²) in [4.78, 5) is 23.8. The van der Waals surface area contributed by atoms with Gasteiger partial charge in [-0.1, -0.05) is 73.4 Å². The number of hydrogen-bond donors (Lipinski definition) is 3. The van der Waals surface area contributed by atoms with Crippen LogP contribution in [0.3, 0.4) is 0 Å². The number of hydrogen-bond acceptors (Lipinski definition) is 3. The van der Waals surface area contributed by atoms with Crippen molar-refractivity contribution in [3.63, 3.8) is 0 Å². The molecule has 5 nitrogen and oxygen atoms in total. The van der Waals surface area contributed by atoms with Gasteiger partial charge in [0.15, 0.2) is 0 Å². The number of rotatable bonds is 7. The Hall–Kier alpha value is -2.04. The average Bonchev–Trinajstić information content (AvgIpc) is 2.57. The molecule has 5 heteroatoms. The van der Waals surface area contributed by atoms with Gasteiger partial charge in [0.2, 0.25) is 11.8 Å². The van der Waals surface area contributed by atoms with E-state index in [1.165, 1.54) is 0 Å². The van der Waals surface area contributed by atoms with Crippen molar-refractivity contribution < 1.29 is 14.7 Å². The molecule has 158 valence electrons. The number of phenolic OH excluding ortho intramolecular Hbond substituents is 1. The van der Waals surface area contributed by atoms with Crippen molar-refractivity contribution in [1.29, 1.82) is 0 Å². The summed E-state index contributed by atoms with van der Waals surface area (Å²) in [6.45, 7) is 14.5. The second kappa shape index (κ2) is 9.94. The Morgan fingerprint density at radius 1 is 0.857 bits per heavy atom. The maximum Gasteiger partial charge on any atom is 0.238 e. The third-order valence-electron chi connectivity index (χ3n) is 4.78. The predicted octanol–water partition coefficient (Wildman–Crippen LogP) is 4.65. The number of benzene rings is 1. The van der Waals surface area contributed by atoms with Crippen LogP contribution in [0, 0.1) is 0 Å². The lowest BCUT2D eigenvalue weighted by molar-refractivity contribution is -0.128. The number of aromatic hydroxyl groups is 1. The predicted molar refractivity (Wildman–Crippen MR) is 114 cm³/mol. The monoisotopic (exact) mass is 390 g/mol. The highest BCUT2D eigenvalue weighted by Crippen LogP contribution is 2.39. The molecule has 0 fully saturated rings. The lowest BCUT2D eigenvalue weighted by atomic mass is 9.78.